The monoisotopic (exact) mass is 480 g/mol. The summed E-state index contributed by atoms with van der Waals surface area (Å²) in [4.78, 5) is 4.73. The zero-order valence-electron chi connectivity index (χ0n) is 17.7. The van der Waals surface area contributed by atoms with Crippen LogP contribution in [-0.2, 0) is 12.4 Å². The minimum atomic E-state index is -4.52. The zero-order valence-corrected chi connectivity index (χ0v) is 17.7. The second kappa shape index (κ2) is 7.21. The molecule has 4 aromatic carbocycles. The van der Waals surface area contributed by atoms with E-state index >= 15 is 0 Å². The van der Waals surface area contributed by atoms with Crippen LogP contribution in [-0.4, -0.2) is 9.38 Å². The van der Waals surface area contributed by atoms with Crippen LogP contribution < -0.4 is 0 Å². The van der Waals surface area contributed by atoms with E-state index in [4.69, 9.17) is 4.98 Å². The molecule has 0 amide bonds. The molecule has 0 saturated carbocycles. The maximum Gasteiger partial charge on any atom is 0.416 e. The van der Waals surface area contributed by atoms with Crippen molar-refractivity contribution in [1.82, 2.24) is 9.38 Å². The fraction of sp³-hybridized carbons (Fsp3) is 0.0741. The molecule has 0 aliphatic rings. The molecule has 0 bridgehead atoms. The van der Waals surface area contributed by atoms with E-state index in [-0.39, 0.29) is 0 Å². The van der Waals surface area contributed by atoms with Crippen LogP contribution in [0, 0.1) is 0 Å². The van der Waals surface area contributed by atoms with Gasteiger partial charge in [0.05, 0.1) is 22.2 Å². The number of hydrogen-bond acceptors (Lipinski definition) is 1. The van der Waals surface area contributed by atoms with Crippen LogP contribution in [0.1, 0.15) is 11.1 Å². The third kappa shape index (κ3) is 3.31. The predicted molar refractivity (Wildman–Crippen MR) is 123 cm³/mol. The number of halogens is 6. The summed E-state index contributed by atoms with van der Waals surface area (Å²) in [6.45, 7) is 0. The van der Waals surface area contributed by atoms with Crippen LogP contribution in [0.25, 0.3) is 49.4 Å². The highest BCUT2D eigenvalue weighted by atomic mass is 19.4. The quantitative estimate of drug-likeness (QED) is 0.170. The van der Waals surface area contributed by atoms with Gasteiger partial charge in [-0.2, -0.15) is 26.3 Å². The number of alkyl halides is 6. The number of fused-ring (bicyclic) bond motifs is 8. The van der Waals surface area contributed by atoms with Crippen molar-refractivity contribution < 1.29 is 26.3 Å². The molecule has 0 atom stereocenters. The van der Waals surface area contributed by atoms with Gasteiger partial charge in [0.15, 0.2) is 0 Å². The summed E-state index contributed by atoms with van der Waals surface area (Å²) < 4.78 is 81.7. The van der Waals surface area contributed by atoms with E-state index in [9.17, 15) is 26.3 Å². The number of nitrogens with zero attached hydrogens (tertiary/aromatic N) is 2. The molecule has 0 aliphatic heterocycles. The van der Waals surface area contributed by atoms with Gasteiger partial charge in [-0.05, 0) is 58.3 Å². The summed E-state index contributed by atoms with van der Waals surface area (Å²) in [7, 11) is 0. The first-order chi connectivity index (χ1) is 16.6. The summed E-state index contributed by atoms with van der Waals surface area (Å²) in [5.41, 5.74) is 1.21. The van der Waals surface area contributed by atoms with Crippen LogP contribution in [0.3, 0.4) is 0 Å². The van der Waals surface area contributed by atoms with Crippen LogP contribution >= 0.6 is 0 Å². The molecule has 0 unspecified atom stereocenters. The molecule has 0 N–H and O–H groups in total. The van der Waals surface area contributed by atoms with Gasteiger partial charge in [-0.3, -0.25) is 4.40 Å². The minimum absolute atomic E-state index is 0.394. The Morgan fingerprint density at radius 1 is 0.629 bits per heavy atom. The third-order valence-electron chi connectivity index (χ3n) is 6.25. The SMILES string of the molecule is FC(F)(F)c1ccc(-c2cccc3c4ccc(C(F)(F)F)cc4c4c(nc5ccccn54)c23)cc1. The molecule has 0 spiro atoms. The van der Waals surface area contributed by atoms with E-state index in [1.165, 1.54) is 18.2 Å². The minimum Gasteiger partial charge on any atom is -0.299 e. The molecule has 2 nitrogen and oxygen atoms in total. The molecule has 6 rings (SSSR count). The lowest BCUT2D eigenvalue weighted by molar-refractivity contribution is -0.138. The van der Waals surface area contributed by atoms with Crippen molar-refractivity contribution in [1.29, 1.82) is 0 Å². The fourth-order valence-electron chi connectivity index (χ4n) is 4.69. The molecule has 2 aromatic heterocycles. The number of benzene rings is 4. The summed E-state index contributed by atoms with van der Waals surface area (Å²) in [6, 6.07) is 19.1. The lowest BCUT2D eigenvalue weighted by atomic mass is 9.92. The van der Waals surface area contributed by atoms with E-state index in [1.807, 2.05) is 0 Å². The average Bonchev–Trinajstić information content (AvgIpc) is 3.22. The molecule has 35 heavy (non-hydrogen) atoms. The van der Waals surface area contributed by atoms with Crippen molar-refractivity contribution in [2.45, 2.75) is 12.4 Å². The predicted octanol–water partition coefficient (Wildman–Crippen LogP) is 8.50. The van der Waals surface area contributed by atoms with Gasteiger partial charge in [0.25, 0.3) is 0 Å². The maximum atomic E-state index is 13.6. The van der Waals surface area contributed by atoms with E-state index in [2.05, 4.69) is 0 Å². The van der Waals surface area contributed by atoms with Crippen LogP contribution in [0.15, 0.2) is 85.1 Å². The Morgan fingerprint density at radius 3 is 2.06 bits per heavy atom. The Labute approximate surface area is 194 Å². The molecule has 0 saturated heterocycles. The fourth-order valence-corrected chi connectivity index (χ4v) is 4.69. The number of imidazole rings is 1. The number of aromatic nitrogens is 2. The maximum absolute atomic E-state index is 13.6. The van der Waals surface area contributed by atoms with E-state index < -0.39 is 23.5 Å². The van der Waals surface area contributed by atoms with Gasteiger partial charge in [0, 0.05) is 17.0 Å². The van der Waals surface area contributed by atoms with E-state index in [0.717, 1.165) is 24.3 Å². The first-order valence-electron chi connectivity index (χ1n) is 10.6. The first-order valence-corrected chi connectivity index (χ1v) is 10.6. The summed E-state index contributed by atoms with van der Waals surface area (Å²) in [5.74, 6) is 0. The van der Waals surface area contributed by atoms with Crippen molar-refractivity contribution in [2.75, 3.05) is 0 Å². The molecule has 0 radical (unpaired) electrons. The van der Waals surface area contributed by atoms with Crippen LogP contribution in [0.2, 0.25) is 0 Å². The van der Waals surface area contributed by atoms with Crippen molar-refractivity contribution >= 4 is 38.2 Å². The lowest BCUT2D eigenvalue weighted by Gasteiger charge is -2.14. The molecule has 8 heteroatoms. The standard InChI is InChI=1S/C27H14F6N2/c28-26(29,30)16-9-7-15(8-10-16)18-4-3-5-20-19-12-11-17(27(31,32)33)14-21(19)25-24(23(18)20)34-22-6-1-2-13-35(22)25/h1-14H. The highest BCUT2D eigenvalue weighted by molar-refractivity contribution is 6.27. The van der Waals surface area contributed by atoms with Crippen molar-refractivity contribution in [2.24, 2.45) is 0 Å². The molecule has 174 valence electrons. The van der Waals surface area contributed by atoms with Gasteiger partial charge in [-0.1, -0.05) is 42.5 Å². The molecule has 0 aliphatic carbocycles. The largest absolute Gasteiger partial charge is 0.416 e. The highest BCUT2D eigenvalue weighted by Gasteiger charge is 2.32. The Kier molecular flexibility index (Phi) is 4.42. The normalized spacial score (nSPS) is 12.9. The third-order valence-corrected chi connectivity index (χ3v) is 6.25. The molecule has 2 heterocycles. The lowest BCUT2D eigenvalue weighted by Crippen LogP contribution is -2.04. The van der Waals surface area contributed by atoms with Crippen molar-refractivity contribution in [3.8, 4) is 11.1 Å². The number of pyridine rings is 1. The average molecular weight is 480 g/mol. The van der Waals surface area contributed by atoms with Gasteiger partial charge in [-0.25, -0.2) is 4.98 Å². The van der Waals surface area contributed by atoms with Gasteiger partial charge in [0.1, 0.15) is 5.65 Å². The molecule has 6 aromatic rings. The zero-order chi connectivity index (χ0) is 24.5. The topological polar surface area (TPSA) is 17.3 Å². The molecular weight excluding hydrogens is 466 g/mol. The molecular formula is C27H14F6N2. The summed E-state index contributed by atoms with van der Waals surface area (Å²) >= 11 is 0. The van der Waals surface area contributed by atoms with Gasteiger partial charge >= 0.3 is 12.4 Å². The Balaban J connectivity index is 1.77. The Bertz CT molecular complexity index is 1760. The van der Waals surface area contributed by atoms with Gasteiger partial charge in [-0.15, -0.1) is 0 Å². The highest BCUT2D eigenvalue weighted by Crippen LogP contribution is 2.42. The van der Waals surface area contributed by atoms with Crippen molar-refractivity contribution in [3.05, 3.63) is 96.2 Å². The number of hydrogen-bond donors (Lipinski definition) is 0. The first kappa shape index (κ1) is 21.5. The summed E-state index contributed by atoms with van der Waals surface area (Å²) in [6.07, 6.45) is -7.24. The van der Waals surface area contributed by atoms with E-state index in [0.29, 0.717) is 49.4 Å². The smallest absolute Gasteiger partial charge is 0.299 e. The second-order valence-electron chi connectivity index (χ2n) is 8.30. The summed E-state index contributed by atoms with van der Waals surface area (Å²) in [5, 5.41) is 2.32. The Hall–Kier alpha value is -4.07. The number of rotatable bonds is 1. The van der Waals surface area contributed by atoms with Crippen LogP contribution in [0.4, 0.5) is 26.3 Å². The second-order valence-corrected chi connectivity index (χ2v) is 8.30. The van der Waals surface area contributed by atoms with E-state index in [1.54, 1.807) is 47.0 Å². The molecule has 0 fully saturated rings. The van der Waals surface area contributed by atoms with Crippen molar-refractivity contribution in [3.63, 3.8) is 0 Å². The van der Waals surface area contributed by atoms with Gasteiger partial charge < -0.3 is 0 Å². The Morgan fingerprint density at radius 2 is 1.34 bits per heavy atom. The van der Waals surface area contributed by atoms with Crippen LogP contribution in [0.5, 0.6) is 0 Å². The van der Waals surface area contributed by atoms with Gasteiger partial charge in [0.2, 0.25) is 0 Å².